The number of halogens is 1. The smallest absolute Gasteiger partial charge is 0.316 e. The van der Waals surface area contributed by atoms with Crippen LogP contribution in [0.1, 0.15) is 34.4 Å². The fourth-order valence-corrected chi connectivity index (χ4v) is 4.80. The van der Waals surface area contributed by atoms with Gasteiger partial charge in [-0.05, 0) is 49.9 Å². The SMILES string of the molecule is COc1cnc(OC[C@@H]2[C@H](C)CCCN2C(=O)c2sc(C)nc2-c2ccc(F)cc2)nc1. The molecule has 0 bridgehead atoms. The van der Waals surface area contributed by atoms with E-state index in [4.69, 9.17) is 9.47 Å². The van der Waals surface area contributed by atoms with Crippen LogP contribution in [0.4, 0.5) is 4.39 Å². The lowest BCUT2D eigenvalue weighted by Crippen LogP contribution is -2.50. The first-order chi connectivity index (χ1) is 15.5. The number of nitrogens with zero attached hydrogens (tertiary/aromatic N) is 4. The molecule has 0 aliphatic carbocycles. The summed E-state index contributed by atoms with van der Waals surface area (Å²) in [5.41, 5.74) is 1.32. The van der Waals surface area contributed by atoms with E-state index in [2.05, 4.69) is 21.9 Å². The largest absolute Gasteiger partial charge is 0.494 e. The molecule has 0 N–H and O–H groups in total. The number of hydrogen-bond donors (Lipinski definition) is 0. The maximum Gasteiger partial charge on any atom is 0.316 e. The number of aromatic nitrogens is 3. The molecule has 1 saturated heterocycles. The van der Waals surface area contributed by atoms with Gasteiger partial charge in [0.2, 0.25) is 0 Å². The topological polar surface area (TPSA) is 77.4 Å². The van der Waals surface area contributed by atoms with Crippen molar-refractivity contribution in [2.24, 2.45) is 5.92 Å². The molecule has 32 heavy (non-hydrogen) atoms. The zero-order chi connectivity index (χ0) is 22.7. The first-order valence-corrected chi connectivity index (χ1v) is 11.3. The van der Waals surface area contributed by atoms with Gasteiger partial charge in [-0.15, -0.1) is 11.3 Å². The van der Waals surface area contributed by atoms with E-state index >= 15 is 0 Å². The molecule has 1 aliphatic rings. The number of methoxy groups -OCH3 is 1. The number of piperidine rings is 1. The first-order valence-electron chi connectivity index (χ1n) is 10.5. The molecular formula is C23H25FN4O3S. The number of hydrogen-bond acceptors (Lipinski definition) is 7. The van der Waals surface area contributed by atoms with Crippen molar-refractivity contribution in [1.29, 1.82) is 0 Å². The van der Waals surface area contributed by atoms with Crippen molar-refractivity contribution in [3.63, 3.8) is 0 Å². The van der Waals surface area contributed by atoms with Gasteiger partial charge in [0.05, 0.1) is 36.2 Å². The summed E-state index contributed by atoms with van der Waals surface area (Å²) < 4.78 is 24.3. The van der Waals surface area contributed by atoms with Crippen LogP contribution in [-0.4, -0.2) is 52.1 Å². The third kappa shape index (κ3) is 4.72. The van der Waals surface area contributed by atoms with Gasteiger partial charge in [0.1, 0.15) is 17.3 Å². The Labute approximate surface area is 190 Å². The lowest BCUT2D eigenvalue weighted by Gasteiger charge is -2.39. The van der Waals surface area contributed by atoms with Crippen LogP contribution in [0.5, 0.6) is 11.8 Å². The molecule has 4 rings (SSSR count). The van der Waals surface area contributed by atoms with Crippen LogP contribution >= 0.6 is 11.3 Å². The molecule has 2 atom stereocenters. The van der Waals surface area contributed by atoms with Gasteiger partial charge in [0.15, 0.2) is 5.75 Å². The molecule has 1 aromatic carbocycles. The van der Waals surface area contributed by atoms with Crippen molar-refractivity contribution < 1.29 is 18.7 Å². The van der Waals surface area contributed by atoms with E-state index in [1.807, 2.05) is 11.8 Å². The van der Waals surface area contributed by atoms with Crippen LogP contribution in [0, 0.1) is 18.7 Å². The number of likely N-dealkylation sites (tertiary alicyclic amines) is 1. The molecule has 0 saturated carbocycles. The van der Waals surface area contributed by atoms with E-state index in [1.165, 1.54) is 23.5 Å². The van der Waals surface area contributed by atoms with Crippen molar-refractivity contribution >= 4 is 17.2 Å². The minimum Gasteiger partial charge on any atom is -0.494 e. The van der Waals surface area contributed by atoms with Gasteiger partial charge in [-0.3, -0.25) is 4.79 Å². The number of ether oxygens (including phenoxy) is 2. The Hall–Kier alpha value is -3.07. The summed E-state index contributed by atoms with van der Waals surface area (Å²) >= 11 is 1.36. The van der Waals surface area contributed by atoms with Gasteiger partial charge in [-0.2, -0.15) is 9.97 Å². The van der Waals surface area contributed by atoms with Crippen molar-refractivity contribution in [1.82, 2.24) is 19.9 Å². The van der Waals surface area contributed by atoms with Crippen LogP contribution in [0.2, 0.25) is 0 Å². The van der Waals surface area contributed by atoms with Crippen LogP contribution < -0.4 is 9.47 Å². The van der Waals surface area contributed by atoms with Crippen molar-refractivity contribution in [2.75, 3.05) is 20.3 Å². The monoisotopic (exact) mass is 456 g/mol. The van der Waals surface area contributed by atoms with E-state index in [9.17, 15) is 9.18 Å². The Morgan fingerprint density at radius 1 is 1.25 bits per heavy atom. The van der Waals surface area contributed by atoms with Gasteiger partial charge in [0, 0.05) is 12.1 Å². The summed E-state index contributed by atoms with van der Waals surface area (Å²) in [6.07, 6.45) is 5.02. The predicted octanol–water partition coefficient (Wildman–Crippen LogP) is 4.38. The molecule has 2 aromatic heterocycles. The summed E-state index contributed by atoms with van der Waals surface area (Å²) in [7, 11) is 1.55. The molecule has 1 amide bonds. The summed E-state index contributed by atoms with van der Waals surface area (Å²) in [6.45, 7) is 4.93. The second kappa shape index (κ2) is 9.60. The molecule has 0 unspecified atom stereocenters. The summed E-state index contributed by atoms with van der Waals surface area (Å²) in [5.74, 6) is 0.408. The molecular weight excluding hydrogens is 431 g/mol. The van der Waals surface area contributed by atoms with Gasteiger partial charge in [-0.1, -0.05) is 6.92 Å². The fourth-order valence-electron chi connectivity index (χ4n) is 3.91. The highest BCUT2D eigenvalue weighted by Crippen LogP contribution is 2.32. The zero-order valence-corrected chi connectivity index (χ0v) is 19.1. The Balaban J connectivity index is 1.56. The number of carbonyl (C=O) groups excluding carboxylic acids is 1. The Kier molecular flexibility index (Phi) is 6.64. The number of thiazole rings is 1. The van der Waals surface area contributed by atoms with Crippen molar-refractivity contribution in [3.8, 4) is 23.0 Å². The second-order valence-electron chi connectivity index (χ2n) is 7.82. The van der Waals surface area contributed by atoms with E-state index in [0.29, 0.717) is 29.5 Å². The summed E-state index contributed by atoms with van der Waals surface area (Å²) in [4.78, 5) is 28.9. The summed E-state index contributed by atoms with van der Waals surface area (Å²) in [5, 5.41) is 0.789. The third-order valence-electron chi connectivity index (χ3n) is 5.65. The number of carbonyl (C=O) groups is 1. The highest BCUT2D eigenvalue weighted by Gasteiger charge is 2.35. The molecule has 0 spiro atoms. The molecule has 0 radical (unpaired) electrons. The average molecular weight is 457 g/mol. The lowest BCUT2D eigenvalue weighted by molar-refractivity contribution is 0.0386. The molecule has 3 heterocycles. The molecule has 1 fully saturated rings. The van der Waals surface area contributed by atoms with Gasteiger partial charge in [-0.25, -0.2) is 9.37 Å². The maximum absolute atomic E-state index is 13.6. The summed E-state index contributed by atoms with van der Waals surface area (Å²) in [6, 6.07) is 6.20. The van der Waals surface area contributed by atoms with Crippen molar-refractivity contribution in [2.45, 2.75) is 32.7 Å². The van der Waals surface area contributed by atoms with Crippen LogP contribution in [-0.2, 0) is 0 Å². The number of amides is 1. The van der Waals surface area contributed by atoms with Crippen LogP contribution in [0.15, 0.2) is 36.7 Å². The minimum absolute atomic E-state index is 0.0780. The highest BCUT2D eigenvalue weighted by atomic mass is 32.1. The van der Waals surface area contributed by atoms with E-state index in [1.54, 1.807) is 31.6 Å². The first kappa shape index (κ1) is 22.1. The fraction of sp³-hybridized carbons (Fsp3) is 0.391. The van der Waals surface area contributed by atoms with Crippen LogP contribution in [0.25, 0.3) is 11.3 Å². The third-order valence-corrected chi connectivity index (χ3v) is 6.60. The molecule has 1 aliphatic heterocycles. The Morgan fingerprint density at radius 2 is 1.97 bits per heavy atom. The number of aryl methyl sites for hydroxylation is 1. The second-order valence-corrected chi connectivity index (χ2v) is 9.02. The maximum atomic E-state index is 13.6. The molecule has 3 aromatic rings. The van der Waals surface area contributed by atoms with E-state index < -0.39 is 0 Å². The Morgan fingerprint density at radius 3 is 2.66 bits per heavy atom. The molecule has 168 valence electrons. The average Bonchev–Trinajstić information content (AvgIpc) is 3.20. The lowest BCUT2D eigenvalue weighted by atomic mass is 9.91. The van der Waals surface area contributed by atoms with E-state index in [0.717, 1.165) is 23.4 Å². The highest BCUT2D eigenvalue weighted by molar-refractivity contribution is 7.14. The normalized spacial score (nSPS) is 18.4. The van der Waals surface area contributed by atoms with Crippen LogP contribution in [0.3, 0.4) is 0 Å². The number of benzene rings is 1. The van der Waals surface area contributed by atoms with Crippen molar-refractivity contribution in [3.05, 3.63) is 52.4 Å². The standard InChI is InChI=1S/C23H25FN4O3S/c1-14-5-4-10-28(19(14)13-31-23-25-11-18(30-3)12-26-23)22(29)21-20(27-15(2)32-21)16-6-8-17(24)9-7-16/h6-9,11-12,14,19H,4-5,10,13H2,1-3H3/t14-,19-/m1/s1. The Bertz CT molecular complexity index is 1070. The van der Waals surface area contributed by atoms with Gasteiger partial charge < -0.3 is 14.4 Å². The van der Waals surface area contributed by atoms with Gasteiger partial charge >= 0.3 is 6.01 Å². The van der Waals surface area contributed by atoms with E-state index in [-0.39, 0.29) is 29.7 Å². The number of rotatable bonds is 6. The molecule has 7 nitrogen and oxygen atoms in total. The zero-order valence-electron chi connectivity index (χ0n) is 18.2. The predicted molar refractivity (Wildman–Crippen MR) is 120 cm³/mol. The molecule has 9 heteroatoms. The quantitative estimate of drug-likeness (QED) is 0.548. The minimum atomic E-state index is -0.323. The van der Waals surface area contributed by atoms with Gasteiger partial charge in [0.25, 0.3) is 5.91 Å².